The van der Waals surface area contributed by atoms with Crippen LogP contribution in [0.1, 0.15) is 80.1 Å². The van der Waals surface area contributed by atoms with Crippen LogP contribution in [-0.4, -0.2) is 25.2 Å². The SMILES string of the molecule is CC(C)(C)CCCC(=O)OCCOC(=O)CCCC(C)(C)C. The Labute approximate surface area is 135 Å². The highest BCUT2D eigenvalue weighted by molar-refractivity contribution is 5.70. The van der Waals surface area contributed by atoms with Gasteiger partial charge in [-0.15, -0.1) is 0 Å². The minimum atomic E-state index is -0.215. The number of carbonyl (C=O) groups excluding carboxylic acids is 2. The van der Waals surface area contributed by atoms with Crippen LogP contribution in [0.3, 0.4) is 0 Å². The summed E-state index contributed by atoms with van der Waals surface area (Å²) in [5.41, 5.74) is 0.478. The fraction of sp³-hybridized carbons (Fsp3) is 0.889. The van der Waals surface area contributed by atoms with Gasteiger partial charge in [0.2, 0.25) is 0 Å². The number of rotatable bonds is 9. The average Bonchev–Trinajstić information content (AvgIpc) is 2.31. The van der Waals surface area contributed by atoms with Gasteiger partial charge in [-0.25, -0.2) is 0 Å². The van der Waals surface area contributed by atoms with Crippen molar-refractivity contribution in [3.8, 4) is 0 Å². The van der Waals surface area contributed by atoms with E-state index in [4.69, 9.17) is 9.47 Å². The molecule has 0 aromatic rings. The summed E-state index contributed by atoms with van der Waals surface area (Å²) in [4.78, 5) is 23.0. The van der Waals surface area contributed by atoms with Crippen molar-refractivity contribution in [1.82, 2.24) is 0 Å². The second kappa shape index (κ2) is 9.86. The third-order valence-electron chi connectivity index (χ3n) is 3.22. The quantitative estimate of drug-likeness (QED) is 0.464. The largest absolute Gasteiger partial charge is 0.462 e. The molecule has 0 radical (unpaired) electrons. The lowest BCUT2D eigenvalue weighted by Crippen LogP contribution is -2.15. The first-order chi connectivity index (χ1) is 9.99. The Morgan fingerprint density at radius 1 is 0.682 bits per heavy atom. The average molecular weight is 314 g/mol. The van der Waals surface area contributed by atoms with Crippen molar-refractivity contribution in [2.24, 2.45) is 10.8 Å². The third kappa shape index (κ3) is 15.3. The standard InChI is InChI=1S/C18H34O4/c1-17(2,3)11-7-9-15(19)21-13-14-22-16(20)10-8-12-18(4,5)6/h7-14H2,1-6H3. The normalized spacial score (nSPS) is 12.1. The summed E-state index contributed by atoms with van der Waals surface area (Å²) in [5.74, 6) is -0.430. The van der Waals surface area contributed by atoms with Crippen molar-refractivity contribution in [1.29, 1.82) is 0 Å². The lowest BCUT2D eigenvalue weighted by molar-refractivity contribution is -0.152. The van der Waals surface area contributed by atoms with E-state index >= 15 is 0 Å². The lowest BCUT2D eigenvalue weighted by atomic mass is 9.90. The first kappa shape index (κ1) is 20.9. The highest BCUT2D eigenvalue weighted by Crippen LogP contribution is 2.22. The van der Waals surface area contributed by atoms with Gasteiger partial charge in [0.1, 0.15) is 13.2 Å². The Bertz CT molecular complexity index is 300. The highest BCUT2D eigenvalue weighted by atomic mass is 16.6. The van der Waals surface area contributed by atoms with Gasteiger partial charge in [-0.2, -0.15) is 0 Å². The maximum atomic E-state index is 11.5. The molecule has 0 fully saturated rings. The lowest BCUT2D eigenvalue weighted by Gasteiger charge is -2.17. The van der Waals surface area contributed by atoms with Crippen LogP contribution in [0.5, 0.6) is 0 Å². The molecule has 0 heterocycles. The molecule has 4 heteroatoms. The van der Waals surface area contributed by atoms with Gasteiger partial charge >= 0.3 is 11.9 Å². The molecule has 0 aromatic heterocycles. The number of hydrogen-bond acceptors (Lipinski definition) is 4. The topological polar surface area (TPSA) is 52.6 Å². The molecule has 0 spiro atoms. The summed E-state index contributed by atoms with van der Waals surface area (Å²) in [6.07, 6.45) is 4.49. The van der Waals surface area contributed by atoms with Crippen molar-refractivity contribution in [2.75, 3.05) is 13.2 Å². The number of ether oxygens (including phenoxy) is 2. The zero-order valence-corrected chi connectivity index (χ0v) is 15.3. The third-order valence-corrected chi connectivity index (χ3v) is 3.22. The van der Waals surface area contributed by atoms with E-state index in [1.54, 1.807) is 0 Å². The van der Waals surface area contributed by atoms with E-state index in [2.05, 4.69) is 41.5 Å². The molecule has 0 rings (SSSR count). The van der Waals surface area contributed by atoms with Crippen LogP contribution in [-0.2, 0) is 19.1 Å². The predicted octanol–water partition coefficient (Wildman–Crippen LogP) is 4.51. The van der Waals surface area contributed by atoms with Gasteiger partial charge < -0.3 is 9.47 Å². The Hall–Kier alpha value is -1.06. The van der Waals surface area contributed by atoms with Gasteiger partial charge in [-0.05, 0) is 36.5 Å². The molecule has 22 heavy (non-hydrogen) atoms. The molecule has 0 amide bonds. The molecular formula is C18H34O4. The Morgan fingerprint density at radius 3 is 1.27 bits per heavy atom. The van der Waals surface area contributed by atoms with Gasteiger partial charge in [0.25, 0.3) is 0 Å². The number of esters is 2. The van der Waals surface area contributed by atoms with Crippen LogP contribution >= 0.6 is 0 Å². The van der Waals surface area contributed by atoms with E-state index in [0.717, 1.165) is 25.7 Å². The van der Waals surface area contributed by atoms with Crippen LogP contribution in [0.25, 0.3) is 0 Å². The van der Waals surface area contributed by atoms with Gasteiger partial charge in [0.05, 0.1) is 0 Å². The Kier molecular flexibility index (Phi) is 9.38. The van der Waals surface area contributed by atoms with E-state index < -0.39 is 0 Å². The van der Waals surface area contributed by atoms with Crippen LogP contribution in [0.2, 0.25) is 0 Å². The predicted molar refractivity (Wildman–Crippen MR) is 88.5 cm³/mol. The summed E-state index contributed by atoms with van der Waals surface area (Å²) < 4.78 is 10.1. The molecule has 130 valence electrons. The number of hydrogen-bond donors (Lipinski definition) is 0. The maximum Gasteiger partial charge on any atom is 0.305 e. The molecule has 0 aliphatic heterocycles. The minimum Gasteiger partial charge on any atom is -0.462 e. The van der Waals surface area contributed by atoms with E-state index in [1.807, 2.05) is 0 Å². The van der Waals surface area contributed by atoms with Crippen LogP contribution in [0.4, 0.5) is 0 Å². The maximum absolute atomic E-state index is 11.5. The van der Waals surface area contributed by atoms with Crippen molar-refractivity contribution in [3.05, 3.63) is 0 Å². The summed E-state index contributed by atoms with van der Waals surface area (Å²) in [7, 11) is 0. The van der Waals surface area contributed by atoms with E-state index in [-0.39, 0.29) is 36.0 Å². The molecule has 0 N–H and O–H groups in total. The molecule has 0 atom stereocenters. The van der Waals surface area contributed by atoms with Crippen LogP contribution in [0, 0.1) is 10.8 Å². The highest BCUT2D eigenvalue weighted by Gasteiger charge is 2.13. The summed E-state index contributed by atoms with van der Waals surface area (Å²) in [6, 6.07) is 0. The van der Waals surface area contributed by atoms with Gasteiger partial charge in [0, 0.05) is 12.8 Å². The Balaban J connectivity index is 3.55. The summed E-state index contributed by atoms with van der Waals surface area (Å²) in [5, 5.41) is 0. The second-order valence-corrected chi connectivity index (χ2v) is 8.27. The minimum absolute atomic E-state index is 0.152. The molecule has 0 aromatic carbocycles. The molecule has 0 aliphatic carbocycles. The summed E-state index contributed by atoms with van der Waals surface area (Å²) in [6.45, 7) is 13.2. The van der Waals surface area contributed by atoms with E-state index in [1.165, 1.54) is 0 Å². The summed E-state index contributed by atoms with van der Waals surface area (Å²) >= 11 is 0. The fourth-order valence-electron chi connectivity index (χ4n) is 1.98. The molecule has 0 bridgehead atoms. The zero-order chi connectivity index (χ0) is 17.2. The van der Waals surface area contributed by atoms with Gasteiger partial charge in [0.15, 0.2) is 0 Å². The first-order valence-electron chi connectivity index (χ1n) is 8.31. The zero-order valence-electron chi connectivity index (χ0n) is 15.3. The second-order valence-electron chi connectivity index (χ2n) is 8.27. The Morgan fingerprint density at radius 2 is 1.00 bits per heavy atom. The van der Waals surface area contributed by atoms with Crippen LogP contribution in [0.15, 0.2) is 0 Å². The molecule has 0 aliphatic rings. The molecule has 0 saturated heterocycles. The number of carbonyl (C=O) groups is 2. The fourth-order valence-corrected chi connectivity index (χ4v) is 1.98. The van der Waals surface area contributed by atoms with Crippen molar-refractivity contribution in [2.45, 2.75) is 80.1 Å². The van der Waals surface area contributed by atoms with Crippen molar-refractivity contribution in [3.63, 3.8) is 0 Å². The monoisotopic (exact) mass is 314 g/mol. The van der Waals surface area contributed by atoms with Crippen molar-refractivity contribution >= 4 is 11.9 Å². The van der Waals surface area contributed by atoms with Crippen LogP contribution < -0.4 is 0 Å². The van der Waals surface area contributed by atoms with E-state index in [0.29, 0.717) is 12.8 Å². The molecular weight excluding hydrogens is 280 g/mol. The molecule has 0 unspecified atom stereocenters. The van der Waals surface area contributed by atoms with E-state index in [9.17, 15) is 9.59 Å². The smallest absolute Gasteiger partial charge is 0.305 e. The van der Waals surface area contributed by atoms with Gasteiger partial charge in [-0.3, -0.25) is 9.59 Å². The first-order valence-corrected chi connectivity index (χ1v) is 8.31. The van der Waals surface area contributed by atoms with Gasteiger partial charge in [-0.1, -0.05) is 41.5 Å². The molecule has 0 saturated carbocycles. The molecule has 4 nitrogen and oxygen atoms in total. The van der Waals surface area contributed by atoms with Crippen molar-refractivity contribution < 1.29 is 19.1 Å².